The number of halogens is 1. The Hall–Kier alpha value is -2.93. The lowest BCUT2D eigenvalue weighted by molar-refractivity contribution is 0.102. The SMILES string of the molecule is COc1cccc(C(=O)Nc2cc(-n3cnnn3)ccc2Cl)c1. The zero-order chi connectivity index (χ0) is 16.2. The van der Waals surface area contributed by atoms with E-state index in [0.29, 0.717) is 27.7 Å². The summed E-state index contributed by atoms with van der Waals surface area (Å²) in [5.74, 6) is 0.311. The van der Waals surface area contributed by atoms with Crippen LogP contribution in [0.1, 0.15) is 10.4 Å². The van der Waals surface area contributed by atoms with E-state index in [9.17, 15) is 4.79 Å². The molecule has 0 saturated carbocycles. The van der Waals surface area contributed by atoms with Crippen molar-refractivity contribution in [3.63, 3.8) is 0 Å². The van der Waals surface area contributed by atoms with Crippen molar-refractivity contribution in [2.45, 2.75) is 0 Å². The number of carbonyl (C=O) groups is 1. The van der Waals surface area contributed by atoms with Crippen LogP contribution in [0.5, 0.6) is 5.75 Å². The minimum Gasteiger partial charge on any atom is -0.497 e. The maximum atomic E-state index is 12.4. The highest BCUT2D eigenvalue weighted by atomic mass is 35.5. The standard InChI is InChI=1S/C15H12ClN5O2/c1-23-12-4-2-3-10(7-12)15(22)18-14-8-11(5-6-13(14)16)21-9-17-19-20-21/h2-9H,1H3,(H,18,22). The number of nitrogens with one attached hydrogen (secondary N) is 1. The number of tetrazole rings is 1. The fraction of sp³-hybridized carbons (Fsp3) is 0.0667. The van der Waals surface area contributed by atoms with Crippen molar-refractivity contribution in [1.82, 2.24) is 20.2 Å². The highest BCUT2D eigenvalue weighted by Crippen LogP contribution is 2.25. The molecule has 0 unspecified atom stereocenters. The number of carbonyl (C=O) groups excluding carboxylic acids is 1. The van der Waals surface area contributed by atoms with Crippen molar-refractivity contribution in [3.05, 3.63) is 59.4 Å². The van der Waals surface area contributed by atoms with Crippen LogP contribution < -0.4 is 10.1 Å². The molecular weight excluding hydrogens is 318 g/mol. The quantitative estimate of drug-likeness (QED) is 0.795. The molecule has 0 aliphatic rings. The Bertz CT molecular complexity index is 836. The van der Waals surface area contributed by atoms with Crippen LogP contribution in [0, 0.1) is 0 Å². The monoisotopic (exact) mass is 329 g/mol. The van der Waals surface area contributed by atoms with Crippen LogP contribution in [0.3, 0.4) is 0 Å². The molecule has 0 fully saturated rings. The highest BCUT2D eigenvalue weighted by Gasteiger charge is 2.11. The molecule has 7 nitrogen and oxygen atoms in total. The Morgan fingerprint density at radius 3 is 2.87 bits per heavy atom. The fourth-order valence-corrected chi connectivity index (χ4v) is 2.15. The van der Waals surface area contributed by atoms with E-state index in [0.717, 1.165) is 0 Å². The van der Waals surface area contributed by atoms with E-state index in [-0.39, 0.29) is 5.91 Å². The average Bonchev–Trinajstić information content (AvgIpc) is 3.11. The number of rotatable bonds is 4. The molecule has 2 aromatic carbocycles. The van der Waals surface area contributed by atoms with E-state index in [1.807, 2.05) is 0 Å². The summed E-state index contributed by atoms with van der Waals surface area (Å²) in [4.78, 5) is 12.4. The lowest BCUT2D eigenvalue weighted by atomic mass is 10.2. The predicted octanol–water partition coefficient (Wildman–Crippen LogP) is 2.58. The van der Waals surface area contributed by atoms with Crippen molar-refractivity contribution in [2.24, 2.45) is 0 Å². The molecule has 3 aromatic rings. The fourth-order valence-electron chi connectivity index (χ4n) is 1.99. The minimum atomic E-state index is -0.292. The number of aromatic nitrogens is 4. The van der Waals surface area contributed by atoms with Crippen molar-refractivity contribution < 1.29 is 9.53 Å². The van der Waals surface area contributed by atoms with Crippen molar-refractivity contribution >= 4 is 23.2 Å². The molecule has 0 aliphatic carbocycles. The second kappa shape index (κ2) is 6.45. The lowest BCUT2D eigenvalue weighted by Crippen LogP contribution is -2.12. The summed E-state index contributed by atoms with van der Waals surface area (Å²) < 4.78 is 6.59. The van der Waals surface area contributed by atoms with Crippen molar-refractivity contribution in [3.8, 4) is 11.4 Å². The molecule has 0 spiro atoms. The van der Waals surface area contributed by atoms with Crippen LogP contribution in [-0.4, -0.2) is 33.2 Å². The number of ether oxygens (including phenoxy) is 1. The molecule has 1 heterocycles. The zero-order valence-corrected chi connectivity index (χ0v) is 12.9. The number of anilines is 1. The van der Waals surface area contributed by atoms with Gasteiger partial charge in [-0.05, 0) is 46.8 Å². The topological polar surface area (TPSA) is 81.9 Å². The molecule has 0 saturated heterocycles. The molecule has 0 radical (unpaired) electrons. The van der Waals surface area contributed by atoms with E-state index in [2.05, 4.69) is 20.8 Å². The normalized spacial score (nSPS) is 10.3. The van der Waals surface area contributed by atoms with Gasteiger partial charge in [0, 0.05) is 5.56 Å². The molecule has 116 valence electrons. The van der Waals surface area contributed by atoms with Crippen LogP contribution >= 0.6 is 11.6 Å². The van der Waals surface area contributed by atoms with Crippen LogP contribution in [0.4, 0.5) is 5.69 Å². The molecule has 0 atom stereocenters. The summed E-state index contributed by atoms with van der Waals surface area (Å²) >= 11 is 6.15. The molecule has 3 rings (SSSR count). The Labute approximate surface area is 136 Å². The van der Waals surface area contributed by atoms with Gasteiger partial charge < -0.3 is 10.1 Å². The highest BCUT2D eigenvalue weighted by molar-refractivity contribution is 6.34. The Morgan fingerprint density at radius 1 is 1.26 bits per heavy atom. The van der Waals surface area contributed by atoms with Gasteiger partial charge in [0.15, 0.2) is 0 Å². The molecule has 1 N–H and O–H groups in total. The number of hydrogen-bond donors (Lipinski definition) is 1. The average molecular weight is 330 g/mol. The Kier molecular flexibility index (Phi) is 4.20. The molecule has 8 heteroatoms. The van der Waals surface area contributed by atoms with Gasteiger partial charge in [-0.15, -0.1) is 5.10 Å². The summed E-state index contributed by atoms with van der Waals surface area (Å²) in [5.41, 5.74) is 1.61. The summed E-state index contributed by atoms with van der Waals surface area (Å²) in [6, 6.07) is 12.0. The molecular formula is C15H12ClN5O2. The number of methoxy groups -OCH3 is 1. The predicted molar refractivity (Wildman–Crippen MR) is 85.1 cm³/mol. The van der Waals surface area contributed by atoms with Gasteiger partial charge in [0.2, 0.25) is 0 Å². The summed E-state index contributed by atoms with van der Waals surface area (Å²) in [6.07, 6.45) is 1.46. The largest absolute Gasteiger partial charge is 0.497 e. The maximum Gasteiger partial charge on any atom is 0.255 e. The molecule has 1 amide bonds. The third-order valence-corrected chi connectivity index (χ3v) is 3.47. The van der Waals surface area contributed by atoms with Gasteiger partial charge in [-0.25, -0.2) is 4.68 Å². The second-order valence-electron chi connectivity index (χ2n) is 4.60. The van der Waals surface area contributed by atoms with E-state index < -0.39 is 0 Å². The summed E-state index contributed by atoms with van der Waals surface area (Å²) in [6.45, 7) is 0. The van der Waals surface area contributed by atoms with Gasteiger partial charge in [0.05, 0.1) is 23.5 Å². The van der Waals surface area contributed by atoms with Crippen LogP contribution in [-0.2, 0) is 0 Å². The third-order valence-electron chi connectivity index (χ3n) is 3.14. The van der Waals surface area contributed by atoms with Crippen LogP contribution in [0.25, 0.3) is 5.69 Å². The minimum absolute atomic E-state index is 0.292. The number of benzene rings is 2. The van der Waals surface area contributed by atoms with Crippen LogP contribution in [0.2, 0.25) is 5.02 Å². The van der Waals surface area contributed by atoms with E-state index in [4.69, 9.17) is 16.3 Å². The van der Waals surface area contributed by atoms with Gasteiger partial charge in [0.25, 0.3) is 5.91 Å². The third kappa shape index (κ3) is 3.29. The zero-order valence-electron chi connectivity index (χ0n) is 12.1. The molecule has 23 heavy (non-hydrogen) atoms. The van der Waals surface area contributed by atoms with E-state index in [1.54, 1.807) is 49.6 Å². The first kappa shape index (κ1) is 15.0. The number of nitrogens with zero attached hydrogens (tertiary/aromatic N) is 4. The van der Waals surface area contributed by atoms with Gasteiger partial charge in [-0.2, -0.15) is 0 Å². The van der Waals surface area contributed by atoms with Crippen LogP contribution in [0.15, 0.2) is 48.8 Å². The van der Waals surface area contributed by atoms with Gasteiger partial charge in [-0.3, -0.25) is 4.79 Å². The second-order valence-corrected chi connectivity index (χ2v) is 5.01. The Balaban J connectivity index is 1.87. The molecule has 0 bridgehead atoms. The lowest BCUT2D eigenvalue weighted by Gasteiger charge is -2.10. The maximum absolute atomic E-state index is 12.4. The van der Waals surface area contributed by atoms with Crippen molar-refractivity contribution in [2.75, 3.05) is 12.4 Å². The molecule has 1 aromatic heterocycles. The smallest absolute Gasteiger partial charge is 0.255 e. The van der Waals surface area contributed by atoms with Gasteiger partial charge in [-0.1, -0.05) is 17.7 Å². The first-order valence-corrected chi connectivity index (χ1v) is 7.03. The summed E-state index contributed by atoms with van der Waals surface area (Å²) in [5, 5.41) is 14.1. The first-order chi connectivity index (χ1) is 11.2. The number of hydrogen-bond acceptors (Lipinski definition) is 5. The van der Waals surface area contributed by atoms with E-state index in [1.165, 1.54) is 11.0 Å². The number of amides is 1. The van der Waals surface area contributed by atoms with Gasteiger partial charge in [0.1, 0.15) is 12.1 Å². The summed E-state index contributed by atoms with van der Waals surface area (Å²) in [7, 11) is 1.55. The first-order valence-electron chi connectivity index (χ1n) is 6.65. The van der Waals surface area contributed by atoms with E-state index >= 15 is 0 Å². The molecule has 0 aliphatic heterocycles. The van der Waals surface area contributed by atoms with Crippen molar-refractivity contribution in [1.29, 1.82) is 0 Å². The van der Waals surface area contributed by atoms with Gasteiger partial charge >= 0.3 is 0 Å². The Morgan fingerprint density at radius 2 is 2.13 bits per heavy atom.